The minimum absolute atomic E-state index is 0.134. The molecule has 1 atom stereocenters. The molecule has 1 fully saturated rings. The highest BCUT2D eigenvalue weighted by Crippen LogP contribution is 2.42. The number of ketones is 1. The summed E-state index contributed by atoms with van der Waals surface area (Å²) in [6.07, 6.45) is 1.52. The van der Waals surface area contributed by atoms with Crippen LogP contribution in [0, 0.1) is 5.82 Å². The predicted molar refractivity (Wildman–Crippen MR) is 116 cm³/mol. The van der Waals surface area contributed by atoms with Crippen molar-refractivity contribution in [3.05, 3.63) is 94.0 Å². The topological polar surface area (TPSA) is 79.7 Å². The summed E-state index contributed by atoms with van der Waals surface area (Å²) in [5.74, 6) is -2.15. The van der Waals surface area contributed by atoms with Gasteiger partial charge in [0, 0.05) is 17.4 Å². The van der Waals surface area contributed by atoms with E-state index in [1.807, 2.05) is 0 Å². The fraction of sp³-hybridized carbons (Fsp3) is 0.0870. The second kappa shape index (κ2) is 8.31. The van der Waals surface area contributed by atoms with Crippen LogP contribution in [0.15, 0.2) is 76.9 Å². The summed E-state index contributed by atoms with van der Waals surface area (Å²) in [7, 11) is 1.51. The molecule has 0 aliphatic carbocycles. The van der Waals surface area contributed by atoms with E-state index in [0.29, 0.717) is 21.5 Å². The normalized spacial score (nSPS) is 17.8. The first-order valence-electron chi connectivity index (χ1n) is 9.23. The Balaban J connectivity index is 1.93. The Morgan fingerprint density at radius 3 is 2.58 bits per heavy atom. The number of pyridine rings is 1. The molecule has 1 N–H and O–H groups in total. The van der Waals surface area contributed by atoms with Crippen molar-refractivity contribution < 1.29 is 23.8 Å². The lowest BCUT2D eigenvalue weighted by Gasteiger charge is -2.24. The number of aliphatic hydroxyl groups excluding tert-OH is 1. The average Bonchev–Trinajstić information content (AvgIpc) is 3.04. The number of rotatable bonds is 4. The van der Waals surface area contributed by atoms with Gasteiger partial charge in [0.25, 0.3) is 11.7 Å². The van der Waals surface area contributed by atoms with Gasteiger partial charge >= 0.3 is 0 Å². The number of hydrogen-bond acceptors (Lipinski definition) is 5. The lowest BCUT2D eigenvalue weighted by atomic mass is 9.98. The molecule has 1 unspecified atom stereocenters. The number of halogens is 2. The minimum atomic E-state index is -1.02. The SMILES string of the molecule is COc1ccc(/C(O)=C2\C(=O)C(=O)N(c3cccc(F)c3)C2c2ccccn2)cc1Br. The Hall–Kier alpha value is -3.52. The lowest BCUT2D eigenvalue weighted by molar-refractivity contribution is -0.132. The largest absolute Gasteiger partial charge is 0.507 e. The molecule has 2 aromatic carbocycles. The third-order valence-corrected chi connectivity index (χ3v) is 5.54. The first kappa shape index (κ1) is 20.7. The molecular weight excluding hydrogens is 467 g/mol. The first-order valence-corrected chi connectivity index (χ1v) is 10.0. The van der Waals surface area contributed by atoms with Crippen LogP contribution in [0.1, 0.15) is 17.3 Å². The molecule has 1 amide bonds. The molecule has 2 heterocycles. The Kier molecular flexibility index (Phi) is 5.56. The summed E-state index contributed by atoms with van der Waals surface area (Å²) < 4.78 is 19.7. The third kappa shape index (κ3) is 3.70. The van der Waals surface area contributed by atoms with E-state index in [2.05, 4.69) is 20.9 Å². The first-order chi connectivity index (χ1) is 14.9. The van der Waals surface area contributed by atoms with Gasteiger partial charge in [-0.05, 0) is 64.5 Å². The summed E-state index contributed by atoms with van der Waals surface area (Å²) in [5, 5.41) is 11.1. The highest BCUT2D eigenvalue weighted by atomic mass is 79.9. The van der Waals surface area contributed by atoms with Crippen LogP contribution >= 0.6 is 15.9 Å². The molecule has 8 heteroatoms. The molecule has 31 heavy (non-hydrogen) atoms. The fourth-order valence-electron chi connectivity index (χ4n) is 3.51. The Morgan fingerprint density at radius 2 is 1.94 bits per heavy atom. The summed E-state index contributed by atoms with van der Waals surface area (Å²) in [5.41, 5.74) is 0.726. The van der Waals surface area contributed by atoms with Gasteiger partial charge in [0.05, 0.1) is 22.8 Å². The van der Waals surface area contributed by atoms with Crippen LogP contribution in [-0.4, -0.2) is 28.9 Å². The van der Waals surface area contributed by atoms with Crippen LogP contribution in [0.4, 0.5) is 10.1 Å². The molecule has 0 spiro atoms. The van der Waals surface area contributed by atoms with Gasteiger partial charge in [0.2, 0.25) is 0 Å². The number of anilines is 1. The number of methoxy groups -OCH3 is 1. The van der Waals surface area contributed by atoms with Gasteiger partial charge in [-0.25, -0.2) is 4.39 Å². The van der Waals surface area contributed by atoms with E-state index >= 15 is 0 Å². The smallest absolute Gasteiger partial charge is 0.300 e. The number of ether oxygens (including phenoxy) is 1. The fourth-order valence-corrected chi connectivity index (χ4v) is 4.05. The second-order valence-electron chi connectivity index (χ2n) is 6.75. The maximum atomic E-state index is 13.9. The molecule has 0 radical (unpaired) electrons. The van der Waals surface area contributed by atoms with Gasteiger partial charge < -0.3 is 9.84 Å². The van der Waals surface area contributed by atoms with E-state index in [0.717, 1.165) is 11.0 Å². The van der Waals surface area contributed by atoms with Crippen LogP contribution in [0.3, 0.4) is 0 Å². The summed E-state index contributed by atoms with van der Waals surface area (Å²) in [6, 6.07) is 14.2. The van der Waals surface area contributed by atoms with Crippen LogP contribution in [0.2, 0.25) is 0 Å². The second-order valence-corrected chi connectivity index (χ2v) is 7.61. The molecule has 6 nitrogen and oxygen atoms in total. The summed E-state index contributed by atoms with van der Waals surface area (Å²) in [6.45, 7) is 0. The monoisotopic (exact) mass is 482 g/mol. The zero-order chi connectivity index (χ0) is 22.1. The lowest BCUT2D eigenvalue weighted by Crippen LogP contribution is -2.29. The van der Waals surface area contributed by atoms with Gasteiger partial charge in [-0.3, -0.25) is 19.5 Å². The molecule has 1 aromatic heterocycles. The van der Waals surface area contributed by atoms with Crippen molar-refractivity contribution in [2.45, 2.75) is 6.04 Å². The van der Waals surface area contributed by atoms with Gasteiger partial charge in [-0.1, -0.05) is 12.1 Å². The standard InChI is InChI=1S/C23H16BrFN2O4/c1-31-18-9-8-13(11-16(18)24)21(28)19-20(17-7-2-3-10-26-17)27(23(30)22(19)29)15-6-4-5-14(25)12-15/h2-12,20,28H,1H3/b21-19+. The number of hydrogen-bond donors (Lipinski definition) is 1. The number of carbonyl (C=O) groups excluding carboxylic acids is 2. The van der Waals surface area contributed by atoms with Crippen molar-refractivity contribution >= 4 is 39.1 Å². The minimum Gasteiger partial charge on any atom is -0.507 e. The molecule has 0 saturated carbocycles. The van der Waals surface area contributed by atoms with Gasteiger partial charge in [-0.15, -0.1) is 0 Å². The Labute approximate surface area is 185 Å². The van der Waals surface area contributed by atoms with E-state index in [4.69, 9.17) is 4.74 Å². The maximum Gasteiger partial charge on any atom is 0.300 e. The van der Waals surface area contributed by atoms with Crippen LogP contribution in [0.5, 0.6) is 5.75 Å². The van der Waals surface area contributed by atoms with Gasteiger partial charge in [0.1, 0.15) is 23.4 Å². The number of aliphatic hydroxyl groups is 1. The number of nitrogens with zero attached hydrogens (tertiary/aromatic N) is 2. The molecule has 4 rings (SSSR count). The third-order valence-electron chi connectivity index (χ3n) is 4.92. The number of benzene rings is 2. The van der Waals surface area contributed by atoms with Crippen molar-refractivity contribution in [3.8, 4) is 5.75 Å². The maximum absolute atomic E-state index is 13.9. The summed E-state index contributed by atoms with van der Waals surface area (Å²) >= 11 is 3.35. The highest BCUT2D eigenvalue weighted by molar-refractivity contribution is 9.10. The van der Waals surface area contributed by atoms with Crippen LogP contribution in [0.25, 0.3) is 5.76 Å². The van der Waals surface area contributed by atoms with E-state index in [1.54, 1.807) is 36.4 Å². The number of amides is 1. The molecular formula is C23H16BrFN2O4. The predicted octanol–water partition coefficient (Wildman–Crippen LogP) is 4.62. The van der Waals surface area contributed by atoms with Crippen molar-refractivity contribution in [1.82, 2.24) is 4.98 Å². The van der Waals surface area contributed by atoms with E-state index in [9.17, 15) is 19.1 Å². The van der Waals surface area contributed by atoms with Gasteiger partial charge in [-0.2, -0.15) is 0 Å². The van der Waals surface area contributed by atoms with Crippen molar-refractivity contribution in [1.29, 1.82) is 0 Å². The van der Waals surface area contributed by atoms with E-state index in [-0.39, 0.29) is 17.0 Å². The zero-order valence-corrected chi connectivity index (χ0v) is 17.8. The van der Waals surface area contributed by atoms with Crippen LogP contribution < -0.4 is 9.64 Å². The van der Waals surface area contributed by atoms with Crippen LogP contribution in [-0.2, 0) is 9.59 Å². The Morgan fingerprint density at radius 1 is 1.13 bits per heavy atom. The molecule has 3 aromatic rings. The highest BCUT2D eigenvalue weighted by Gasteiger charge is 2.47. The van der Waals surface area contributed by atoms with Gasteiger partial charge in [0.15, 0.2) is 0 Å². The molecule has 156 valence electrons. The van der Waals surface area contributed by atoms with E-state index in [1.165, 1.54) is 31.5 Å². The quantitative estimate of drug-likeness (QED) is 0.333. The van der Waals surface area contributed by atoms with Crippen molar-refractivity contribution in [2.75, 3.05) is 12.0 Å². The van der Waals surface area contributed by atoms with Crippen molar-refractivity contribution in [3.63, 3.8) is 0 Å². The number of Topliss-reactive ketones (excluding diaryl/α,β-unsaturated/α-hetero) is 1. The molecule has 0 bridgehead atoms. The number of carbonyl (C=O) groups is 2. The van der Waals surface area contributed by atoms with Crippen molar-refractivity contribution in [2.24, 2.45) is 0 Å². The average molecular weight is 483 g/mol. The molecule has 1 saturated heterocycles. The van der Waals surface area contributed by atoms with E-state index < -0.39 is 23.5 Å². The Bertz CT molecular complexity index is 1210. The zero-order valence-electron chi connectivity index (χ0n) is 16.3. The molecule has 1 aliphatic heterocycles. The number of aromatic nitrogens is 1. The molecule has 1 aliphatic rings. The summed E-state index contributed by atoms with van der Waals surface area (Å²) in [4.78, 5) is 31.4.